The molecule has 3 N–H and O–H groups in total. The number of aliphatic carboxylic acids is 1. The van der Waals surface area contributed by atoms with E-state index < -0.39 is 23.1 Å². The van der Waals surface area contributed by atoms with Gasteiger partial charge in [-0.05, 0) is 48.6 Å². The van der Waals surface area contributed by atoms with Crippen molar-refractivity contribution in [2.75, 3.05) is 0 Å². The molecule has 0 saturated carbocycles. The number of halogens is 2. The van der Waals surface area contributed by atoms with Gasteiger partial charge in [0.25, 0.3) is 0 Å². The average Bonchev–Trinajstić information content (AvgIpc) is 2.45. The Hall–Kier alpha value is -1.65. The van der Waals surface area contributed by atoms with Crippen molar-refractivity contribution in [1.29, 1.82) is 0 Å². The van der Waals surface area contributed by atoms with Crippen LogP contribution >= 0.6 is 11.6 Å². The molecule has 2 rings (SSSR count). The number of hydrogen-bond acceptors (Lipinski definition) is 2. The second-order valence-electron chi connectivity index (χ2n) is 6.06. The standard InChI is InChI=1S/C18H21ClFNO2/c1-10-6-4-5-7-13(10)14-8-15(16(21)9-17(22)23)18(19,20)12(3)11(14)2/h4-8,15-16H,9,21H2,1-3H3,(H,22,23). The zero-order valence-corrected chi connectivity index (χ0v) is 14.2. The minimum atomic E-state index is -2.18. The number of allylic oxidation sites excluding steroid dienone is 3. The largest absolute Gasteiger partial charge is 0.481 e. The maximum atomic E-state index is 15.1. The molecule has 3 unspecified atom stereocenters. The van der Waals surface area contributed by atoms with Crippen molar-refractivity contribution in [3.05, 3.63) is 52.6 Å². The van der Waals surface area contributed by atoms with E-state index in [9.17, 15) is 4.79 Å². The van der Waals surface area contributed by atoms with Crippen molar-refractivity contribution < 1.29 is 14.3 Å². The fraction of sp³-hybridized carbons (Fsp3) is 0.389. The maximum absolute atomic E-state index is 15.1. The smallest absolute Gasteiger partial charge is 0.304 e. The highest BCUT2D eigenvalue weighted by atomic mass is 35.5. The Balaban J connectivity index is 2.55. The summed E-state index contributed by atoms with van der Waals surface area (Å²) in [5, 5.41) is 6.78. The fourth-order valence-electron chi connectivity index (χ4n) is 3.00. The molecule has 0 amide bonds. The molecule has 3 atom stereocenters. The van der Waals surface area contributed by atoms with Crippen LogP contribution in [0.3, 0.4) is 0 Å². The van der Waals surface area contributed by atoms with Crippen LogP contribution in [0, 0.1) is 12.8 Å². The molecule has 0 saturated heterocycles. The second kappa shape index (κ2) is 6.46. The molecule has 1 aliphatic rings. The predicted molar refractivity (Wildman–Crippen MR) is 90.9 cm³/mol. The highest BCUT2D eigenvalue weighted by Crippen LogP contribution is 2.47. The molecule has 1 aromatic carbocycles. The van der Waals surface area contributed by atoms with Crippen LogP contribution in [0.1, 0.15) is 31.4 Å². The number of hydrogen-bond donors (Lipinski definition) is 2. The molecule has 124 valence electrons. The second-order valence-corrected chi connectivity index (χ2v) is 6.61. The minimum Gasteiger partial charge on any atom is -0.481 e. The summed E-state index contributed by atoms with van der Waals surface area (Å²) in [6.07, 6.45) is 1.35. The van der Waals surface area contributed by atoms with Crippen LogP contribution in [0.15, 0.2) is 41.5 Å². The number of carboxylic acid groups (broad SMARTS) is 1. The first-order valence-electron chi connectivity index (χ1n) is 7.47. The number of alkyl halides is 2. The number of benzene rings is 1. The zero-order valence-electron chi connectivity index (χ0n) is 13.4. The van der Waals surface area contributed by atoms with E-state index in [1.54, 1.807) is 13.0 Å². The lowest BCUT2D eigenvalue weighted by Gasteiger charge is -2.37. The van der Waals surface area contributed by atoms with Crippen molar-refractivity contribution in [2.24, 2.45) is 11.7 Å². The molecule has 0 heterocycles. The first kappa shape index (κ1) is 17.7. The van der Waals surface area contributed by atoms with E-state index in [-0.39, 0.29) is 6.42 Å². The Morgan fingerprint density at radius 1 is 1.39 bits per heavy atom. The summed E-state index contributed by atoms with van der Waals surface area (Å²) in [5.74, 6) is -1.97. The molecule has 23 heavy (non-hydrogen) atoms. The molecule has 0 bridgehead atoms. The van der Waals surface area contributed by atoms with Gasteiger partial charge in [-0.25, -0.2) is 4.39 Å². The molecule has 1 aliphatic carbocycles. The molecule has 1 aromatic rings. The number of aryl methyl sites for hydroxylation is 1. The van der Waals surface area contributed by atoms with E-state index in [2.05, 4.69) is 0 Å². The third kappa shape index (κ3) is 3.33. The van der Waals surface area contributed by atoms with Crippen molar-refractivity contribution >= 4 is 23.1 Å². The van der Waals surface area contributed by atoms with Gasteiger partial charge in [-0.3, -0.25) is 4.79 Å². The average molecular weight is 338 g/mol. The molecular formula is C18H21ClFNO2. The zero-order chi connectivity index (χ0) is 17.4. The third-order valence-corrected chi connectivity index (χ3v) is 5.07. The molecular weight excluding hydrogens is 317 g/mol. The SMILES string of the molecule is CC1=C(C)C(F)(Cl)C(C(N)CC(=O)O)C=C1c1ccccc1C. The summed E-state index contributed by atoms with van der Waals surface area (Å²) in [6, 6.07) is 6.87. The fourth-order valence-corrected chi connectivity index (χ4v) is 3.37. The molecule has 3 nitrogen and oxygen atoms in total. The van der Waals surface area contributed by atoms with Crippen LogP contribution in [-0.4, -0.2) is 22.2 Å². The van der Waals surface area contributed by atoms with Gasteiger partial charge in [0, 0.05) is 12.0 Å². The summed E-state index contributed by atoms with van der Waals surface area (Å²) in [4.78, 5) is 10.9. The van der Waals surface area contributed by atoms with E-state index in [0.717, 1.165) is 22.3 Å². The van der Waals surface area contributed by atoms with Crippen LogP contribution < -0.4 is 5.73 Å². The van der Waals surface area contributed by atoms with Crippen molar-refractivity contribution in [2.45, 2.75) is 38.4 Å². The van der Waals surface area contributed by atoms with E-state index in [1.807, 2.05) is 38.1 Å². The summed E-state index contributed by atoms with van der Waals surface area (Å²) >= 11 is 6.11. The number of nitrogens with two attached hydrogens (primary N) is 1. The Morgan fingerprint density at radius 2 is 2.00 bits per heavy atom. The number of carboxylic acids is 1. The molecule has 0 fully saturated rings. The van der Waals surface area contributed by atoms with Crippen molar-refractivity contribution in [1.82, 2.24) is 0 Å². The van der Waals surface area contributed by atoms with Crippen LogP contribution in [0.4, 0.5) is 4.39 Å². The van der Waals surface area contributed by atoms with Gasteiger partial charge in [-0.15, -0.1) is 0 Å². The Morgan fingerprint density at radius 3 is 2.57 bits per heavy atom. The van der Waals surface area contributed by atoms with Crippen LogP contribution in [-0.2, 0) is 4.79 Å². The van der Waals surface area contributed by atoms with Gasteiger partial charge in [-0.1, -0.05) is 41.9 Å². The van der Waals surface area contributed by atoms with Crippen LogP contribution in [0.25, 0.3) is 5.57 Å². The number of rotatable bonds is 4. The minimum absolute atomic E-state index is 0.340. The Labute approximate surface area is 140 Å². The van der Waals surface area contributed by atoms with E-state index in [0.29, 0.717) is 5.57 Å². The van der Waals surface area contributed by atoms with Gasteiger partial charge < -0.3 is 10.8 Å². The van der Waals surface area contributed by atoms with Gasteiger partial charge >= 0.3 is 5.97 Å². The highest BCUT2D eigenvalue weighted by molar-refractivity contribution is 6.25. The van der Waals surface area contributed by atoms with Gasteiger partial charge in [0.2, 0.25) is 5.13 Å². The van der Waals surface area contributed by atoms with Gasteiger partial charge in [-0.2, -0.15) is 0 Å². The van der Waals surface area contributed by atoms with Crippen molar-refractivity contribution in [3.63, 3.8) is 0 Å². The third-order valence-electron chi connectivity index (χ3n) is 4.54. The van der Waals surface area contributed by atoms with Crippen LogP contribution in [0.2, 0.25) is 0 Å². The lowest BCUT2D eigenvalue weighted by atomic mass is 9.77. The molecule has 0 aromatic heterocycles. The van der Waals surface area contributed by atoms with Crippen molar-refractivity contribution in [3.8, 4) is 0 Å². The van der Waals surface area contributed by atoms with Gasteiger partial charge in [0.1, 0.15) is 0 Å². The molecule has 5 heteroatoms. The molecule has 0 radical (unpaired) electrons. The summed E-state index contributed by atoms with van der Waals surface area (Å²) in [6.45, 7) is 5.43. The van der Waals surface area contributed by atoms with Gasteiger partial charge in [0.05, 0.1) is 6.42 Å². The van der Waals surface area contributed by atoms with E-state index in [1.165, 1.54) is 0 Å². The Bertz CT molecular complexity index is 694. The monoisotopic (exact) mass is 337 g/mol. The number of carbonyl (C=O) groups is 1. The normalized spacial score (nSPS) is 26.0. The topological polar surface area (TPSA) is 63.3 Å². The Kier molecular flexibility index (Phi) is 4.97. The predicted octanol–water partition coefficient (Wildman–Crippen LogP) is 4.05. The molecule has 0 aliphatic heterocycles. The summed E-state index contributed by atoms with van der Waals surface area (Å²) in [7, 11) is 0. The quantitative estimate of drug-likeness (QED) is 0.815. The van der Waals surface area contributed by atoms with E-state index in [4.69, 9.17) is 22.4 Å². The van der Waals surface area contributed by atoms with Crippen LogP contribution in [0.5, 0.6) is 0 Å². The molecule has 0 spiro atoms. The summed E-state index contributed by atoms with van der Waals surface area (Å²) < 4.78 is 15.1. The lowest BCUT2D eigenvalue weighted by molar-refractivity contribution is -0.137. The van der Waals surface area contributed by atoms with Gasteiger partial charge in [0.15, 0.2) is 0 Å². The first-order chi connectivity index (χ1) is 10.7. The lowest BCUT2D eigenvalue weighted by Crippen LogP contribution is -2.44. The summed E-state index contributed by atoms with van der Waals surface area (Å²) in [5.41, 5.74) is 9.97. The first-order valence-corrected chi connectivity index (χ1v) is 7.85. The van der Waals surface area contributed by atoms with E-state index >= 15 is 4.39 Å². The maximum Gasteiger partial charge on any atom is 0.304 e. The highest BCUT2D eigenvalue weighted by Gasteiger charge is 2.45.